The number of anilines is 1. The summed E-state index contributed by atoms with van der Waals surface area (Å²) in [5.41, 5.74) is 4.26. The average molecular weight is 602 g/mol. The topological polar surface area (TPSA) is 118 Å². The summed E-state index contributed by atoms with van der Waals surface area (Å²) in [6, 6.07) is 14.4. The number of benzene rings is 2. The number of sulfonamides is 1. The van der Waals surface area contributed by atoms with Gasteiger partial charge < -0.3 is 9.42 Å². The number of hydrogen-bond acceptors (Lipinski definition) is 7. The van der Waals surface area contributed by atoms with Crippen molar-refractivity contribution in [1.82, 2.24) is 20.0 Å². The third kappa shape index (κ3) is 7.30. The van der Waals surface area contributed by atoms with Crippen LogP contribution in [0.2, 0.25) is 0 Å². The van der Waals surface area contributed by atoms with E-state index in [1.165, 1.54) is 32.1 Å². The quantitative estimate of drug-likeness (QED) is 0.206. The van der Waals surface area contributed by atoms with Crippen molar-refractivity contribution in [2.75, 3.05) is 18.3 Å². The molecule has 1 saturated carbocycles. The van der Waals surface area contributed by atoms with Gasteiger partial charge in [0.1, 0.15) is 0 Å². The van der Waals surface area contributed by atoms with Crippen molar-refractivity contribution in [2.45, 2.75) is 70.1 Å². The van der Waals surface area contributed by atoms with Gasteiger partial charge in [0, 0.05) is 49.1 Å². The third-order valence-corrected chi connectivity index (χ3v) is 9.80. The van der Waals surface area contributed by atoms with E-state index in [2.05, 4.69) is 19.8 Å². The molecule has 2 aromatic heterocycles. The summed E-state index contributed by atoms with van der Waals surface area (Å²) < 4.78 is 35.1. The molecule has 9 nitrogen and oxygen atoms in total. The predicted molar refractivity (Wildman–Crippen MR) is 167 cm³/mol. The van der Waals surface area contributed by atoms with Crippen LogP contribution >= 0.6 is 0 Å². The highest BCUT2D eigenvalue weighted by Gasteiger charge is 2.24. The summed E-state index contributed by atoms with van der Waals surface area (Å²) in [5.74, 6) is 1.46. The van der Waals surface area contributed by atoms with Crippen molar-refractivity contribution in [3.63, 3.8) is 0 Å². The number of amides is 1. The molecule has 1 aliphatic carbocycles. The van der Waals surface area contributed by atoms with Gasteiger partial charge in [-0.2, -0.15) is 0 Å². The zero-order chi connectivity index (χ0) is 30.4. The molecule has 0 bridgehead atoms. The molecule has 1 fully saturated rings. The van der Waals surface area contributed by atoms with E-state index in [1.54, 1.807) is 55.4 Å². The maximum absolute atomic E-state index is 13.6. The predicted octanol–water partition coefficient (Wildman–Crippen LogP) is 6.58. The number of aryl methyl sites for hydroxylation is 1. The lowest BCUT2D eigenvalue weighted by atomic mass is 9.86. The second-order valence-electron chi connectivity index (χ2n) is 11.4. The van der Waals surface area contributed by atoms with Crippen LogP contribution in [0.5, 0.6) is 0 Å². The Morgan fingerprint density at radius 1 is 1.00 bits per heavy atom. The molecule has 4 aromatic rings. The second-order valence-corrected chi connectivity index (χ2v) is 13.0. The molecule has 0 unspecified atom stereocenters. The van der Waals surface area contributed by atoms with Crippen molar-refractivity contribution in [3.8, 4) is 22.5 Å². The number of nitrogens with zero attached hydrogens (tertiary/aromatic N) is 4. The number of rotatable bonds is 11. The number of carbonyl (C=O) groups excluding carboxylic acids is 1. The van der Waals surface area contributed by atoms with Gasteiger partial charge in [0.2, 0.25) is 11.8 Å². The van der Waals surface area contributed by atoms with Crippen LogP contribution in [0.4, 0.5) is 5.88 Å². The van der Waals surface area contributed by atoms with Gasteiger partial charge in [-0.1, -0.05) is 67.6 Å². The molecule has 1 aliphatic rings. The highest BCUT2D eigenvalue weighted by molar-refractivity contribution is 7.92. The third-order valence-electron chi connectivity index (χ3n) is 8.41. The molecule has 5 rings (SSSR count). The number of nitrogens with one attached hydrogen (secondary N) is 1. The summed E-state index contributed by atoms with van der Waals surface area (Å²) in [5, 5.41) is 3.88. The lowest BCUT2D eigenvalue weighted by Crippen LogP contribution is -2.29. The molecule has 0 saturated heterocycles. The van der Waals surface area contributed by atoms with E-state index in [-0.39, 0.29) is 16.7 Å². The Kier molecular flexibility index (Phi) is 9.55. The van der Waals surface area contributed by atoms with Crippen molar-refractivity contribution in [2.24, 2.45) is 5.92 Å². The molecule has 226 valence electrons. The van der Waals surface area contributed by atoms with E-state index in [0.717, 1.165) is 23.1 Å². The first kappa shape index (κ1) is 30.4. The Labute approximate surface area is 253 Å². The lowest BCUT2D eigenvalue weighted by molar-refractivity contribution is -0.130. The van der Waals surface area contributed by atoms with E-state index in [9.17, 15) is 13.2 Å². The Morgan fingerprint density at radius 3 is 2.47 bits per heavy atom. The first-order chi connectivity index (χ1) is 20.7. The van der Waals surface area contributed by atoms with E-state index >= 15 is 0 Å². The minimum absolute atomic E-state index is 0.0949. The summed E-state index contributed by atoms with van der Waals surface area (Å²) in [7, 11) is -2.17. The monoisotopic (exact) mass is 601 g/mol. The molecule has 2 heterocycles. The van der Waals surface area contributed by atoms with Gasteiger partial charge in [-0.05, 0) is 61.9 Å². The van der Waals surface area contributed by atoms with Gasteiger partial charge in [-0.3, -0.25) is 4.79 Å². The SMILES string of the molecule is Cc1noc(NS(=O)(=O)c2ccccc2-c2ccc(-c3ncccn3)cc2CCN(C)C(=O)CCC2CCCCC2)c1C. The summed E-state index contributed by atoms with van der Waals surface area (Å²) in [6.07, 6.45) is 11.7. The van der Waals surface area contributed by atoms with E-state index < -0.39 is 10.0 Å². The van der Waals surface area contributed by atoms with E-state index in [4.69, 9.17) is 4.52 Å². The van der Waals surface area contributed by atoms with Gasteiger partial charge in [0.15, 0.2) is 5.82 Å². The summed E-state index contributed by atoms with van der Waals surface area (Å²) in [6.45, 7) is 4.01. The van der Waals surface area contributed by atoms with Crippen molar-refractivity contribution >= 4 is 21.8 Å². The average Bonchev–Trinajstić information content (AvgIpc) is 3.34. The molecule has 0 spiro atoms. The molecular weight excluding hydrogens is 562 g/mol. The minimum Gasteiger partial charge on any atom is -0.345 e. The molecule has 1 amide bonds. The van der Waals surface area contributed by atoms with Crippen LogP contribution in [-0.4, -0.2) is 47.9 Å². The van der Waals surface area contributed by atoms with Crippen LogP contribution in [0.15, 0.2) is 70.3 Å². The van der Waals surface area contributed by atoms with Gasteiger partial charge in [0.25, 0.3) is 10.0 Å². The smallest absolute Gasteiger partial charge is 0.264 e. The fourth-order valence-electron chi connectivity index (χ4n) is 5.67. The normalized spacial score (nSPS) is 14.0. The van der Waals surface area contributed by atoms with Crippen LogP contribution in [0.25, 0.3) is 22.5 Å². The number of likely N-dealkylation sites (N-methyl/N-ethyl adjacent to an activating group) is 1. The van der Waals surface area contributed by atoms with Gasteiger partial charge in [0.05, 0.1) is 10.6 Å². The zero-order valence-electron chi connectivity index (χ0n) is 25.0. The van der Waals surface area contributed by atoms with Crippen LogP contribution in [-0.2, 0) is 21.2 Å². The Bertz CT molecular complexity index is 1660. The second kappa shape index (κ2) is 13.5. The molecule has 0 aliphatic heterocycles. The summed E-state index contributed by atoms with van der Waals surface area (Å²) >= 11 is 0. The number of carbonyl (C=O) groups is 1. The van der Waals surface area contributed by atoms with Gasteiger partial charge >= 0.3 is 0 Å². The van der Waals surface area contributed by atoms with Crippen molar-refractivity contribution in [1.29, 1.82) is 0 Å². The number of hydrogen-bond donors (Lipinski definition) is 1. The molecule has 1 N–H and O–H groups in total. The van der Waals surface area contributed by atoms with Crippen LogP contribution in [0.3, 0.4) is 0 Å². The molecule has 0 atom stereocenters. The van der Waals surface area contributed by atoms with Gasteiger partial charge in [-0.15, -0.1) is 0 Å². The molecular formula is C33H39N5O4S. The largest absolute Gasteiger partial charge is 0.345 e. The summed E-state index contributed by atoms with van der Waals surface area (Å²) in [4.78, 5) is 23.7. The molecule has 0 radical (unpaired) electrons. The van der Waals surface area contributed by atoms with Gasteiger partial charge in [-0.25, -0.2) is 23.1 Å². The molecule has 43 heavy (non-hydrogen) atoms. The maximum Gasteiger partial charge on any atom is 0.264 e. The van der Waals surface area contributed by atoms with Crippen molar-refractivity contribution in [3.05, 3.63) is 77.7 Å². The lowest BCUT2D eigenvalue weighted by Gasteiger charge is -2.23. The van der Waals surface area contributed by atoms with E-state index in [1.807, 2.05) is 31.3 Å². The maximum atomic E-state index is 13.6. The first-order valence-corrected chi connectivity index (χ1v) is 16.4. The Morgan fingerprint density at radius 2 is 1.74 bits per heavy atom. The van der Waals surface area contributed by atoms with Crippen LogP contribution in [0.1, 0.15) is 61.8 Å². The Balaban J connectivity index is 1.43. The molecule has 2 aromatic carbocycles. The van der Waals surface area contributed by atoms with Crippen LogP contribution < -0.4 is 4.72 Å². The van der Waals surface area contributed by atoms with E-state index in [0.29, 0.717) is 47.9 Å². The fraction of sp³-hybridized carbons (Fsp3) is 0.394. The first-order valence-electron chi connectivity index (χ1n) is 14.9. The molecule has 10 heteroatoms. The van der Waals surface area contributed by atoms with Crippen molar-refractivity contribution < 1.29 is 17.7 Å². The minimum atomic E-state index is -4.02. The fourth-order valence-corrected chi connectivity index (χ4v) is 6.94. The Hall–Kier alpha value is -4.05. The highest BCUT2D eigenvalue weighted by atomic mass is 32.2. The highest BCUT2D eigenvalue weighted by Crippen LogP contribution is 2.34. The number of aromatic nitrogens is 3. The zero-order valence-corrected chi connectivity index (χ0v) is 25.9. The van der Waals surface area contributed by atoms with Crippen LogP contribution in [0, 0.1) is 19.8 Å². The standard InChI is InChI=1S/C33H39N5O4S/c1-23-24(2)36-42-33(23)37-43(40,41)30-13-8-7-12-29(30)28-16-15-27(32-34-19-9-20-35-32)22-26(28)18-21-38(3)31(39)17-14-25-10-5-4-6-11-25/h7-9,12-13,15-16,19-20,22,25,37H,4-6,10-11,14,17-18,21H2,1-3H3.